The van der Waals surface area contributed by atoms with Crippen LogP contribution in [0.2, 0.25) is 0 Å². The van der Waals surface area contributed by atoms with E-state index in [1.807, 2.05) is 0 Å². The summed E-state index contributed by atoms with van der Waals surface area (Å²) in [6, 6.07) is 5.11. The average Bonchev–Trinajstić information content (AvgIpc) is 2.48. The van der Waals surface area contributed by atoms with Gasteiger partial charge in [-0.15, -0.1) is 0 Å². The standard InChI is InChI=1S/C14H20BrFN2O2S/c1-2-21(19,20)18-7-5-13(6-8-18)17-10-11-9-12(15)3-4-14(11)16/h3-4,9,13,17H,2,5-8,10H2,1H3. The molecule has 1 aliphatic rings. The van der Waals surface area contributed by atoms with Gasteiger partial charge in [0.25, 0.3) is 0 Å². The van der Waals surface area contributed by atoms with Crippen LogP contribution >= 0.6 is 15.9 Å². The Labute approximate surface area is 133 Å². The van der Waals surface area contributed by atoms with Crippen molar-refractivity contribution in [2.24, 2.45) is 0 Å². The normalized spacial score (nSPS) is 18.0. The van der Waals surface area contributed by atoms with Crippen molar-refractivity contribution in [3.63, 3.8) is 0 Å². The molecule has 0 spiro atoms. The highest BCUT2D eigenvalue weighted by Gasteiger charge is 2.26. The first-order chi connectivity index (χ1) is 9.92. The van der Waals surface area contributed by atoms with Gasteiger partial charge >= 0.3 is 0 Å². The van der Waals surface area contributed by atoms with E-state index in [-0.39, 0.29) is 17.6 Å². The maximum Gasteiger partial charge on any atom is 0.213 e. The van der Waals surface area contributed by atoms with E-state index in [9.17, 15) is 12.8 Å². The van der Waals surface area contributed by atoms with Crippen LogP contribution in [0.3, 0.4) is 0 Å². The Bertz CT molecular complexity index is 587. The summed E-state index contributed by atoms with van der Waals surface area (Å²) >= 11 is 3.33. The lowest BCUT2D eigenvalue weighted by Gasteiger charge is -2.31. The summed E-state index contributed by atoms with van der Waals surface area (Å²) in [5.41, 5.74) is 0.619. The van der Waals surface area contributed by atoms with Crippen LogP contribution in [0.25, 0.3) is 0 Å². The number of hydrogen-bond acceptors (Lipinski definition) is 3. The Morgan fingerprint density at radius 2 is 2.05 bits per heavy atom. The number of nitrogens with zero attached hydrogens (tertiary/aromatic N) is 1. The van der Waals surface area contributed by atoms with Gasteiger partial charge in [0.2, 0.25) is 10.0 Å². The first-order valence-electron chi connectivity index (χ1n) is 7.07. The fourth-order valence-corrected chi connectivity index (χ4v) is 3.99. The Morgan fingerprint density at radius 3 is 2.67 bits per heavy atom. The summed E-state index contributed by atoms with van der Waals surface area (Å²) in [5, 5.41) is 3.31. The molecule has 0 bridgehead atoms. The minimum atomic E-state index is -3.08. The summed E-state index contributed by atoms with van der Waals surface area (Å²) in [6.45, 7) is 3.19. The third kappa shape index (κ3) is 4.48. The fourth-order valence-electron chi connectivity index (χ4n) is 2.45. The number of benzene rings is 1. The molecule has 118 valence electrons. The fraction of sp³-hybridized carbons (Fsp3) is 0.571. The quantitative estimate of drug-likeness (QED) is 0.855. The Morgan fingerprint density at radius 1 is 1.38 bits per heavy atom. The summed E-state index contributed by atoms with van der Waals surface area (Å²) < 4.78 is 39.6. The molecule has 1 heterocycles. The van der Waals surface area contributed by atoms with Crippen molar-refractivity contribution >= 4 is 26.0 Å². The summed E-state index contributed by atoms with van der Waals surface area (Å²) in [7, 11) is -3.08. The van der Waals surface area contributed by atoms with Gasteiger partial charge in [-0.3, -0.25) is 0 Å². The minimum Gasteiger partial charge on any atom is -0.310 e. The van der Waals surface area contributed by atoms with E-state index in [0.717, 1.165) is 17.3 Å². The molecular formula is C14H20BrFN2O2S. The van der Waals surface area contributed by atoms with E-state index in [1.54, 1.807) is 23.4 Å². The number of hydrogen-bond donors (Lipinski definition) is 1. The Hall–Kier alpha value is -0.500. The number of piperidine rings is 1. The molecule has 0 aliphatic carbocycles. The largest absolute Gasteiger partial charge is 0.310 e. The van der Waals surface area contributed by atoms with Crippen LogP contribution in [-0.4, -0.2) is 37.6 Å². The monoisotopic (exact) mass is 378 g/mol. The summed E-state index contributed by atoms with van der Waals surface area (Å²) in [6.07, 6.45) is 1.52. The van der Waals surface area contributed by atoms with Crippen LogP contribution in [0, 0.1) is 5.82 Å². The van der Waals surface area contributed by atoms with Crippen molar-refractivity contribution in [3.8, 4) is 0 Å². The zero-order valence-electron chi connectivity index (χ0n) is 12.0. The third-order valence-electron chi connectivity index (χ3n) is 3.80. The molecule has 0 unspecified atom stereocenters. The predicted molar refractivity (Wildman–Crippen MR) is 85.0 cm³/mol. The Balaban J connectivity index is 1.86. The molecule has 1 fully saturated rings. The van der Waals surface area contributed by atoms with Crippen LogP contribution in [0.15, 0.2) is 22.7 Å². The topological polar surface area (TPSA) is 49.4 Å². The van der Waals surface area contributed by atoms with Gasteiger partial charge in [0, 0.05) is 35.7 Å². The molecule has 1 N–H and O–H groups in total. The second-order valence-electron chi connectivity index (χ2n) is 5.19. The van der Waals surface area contributed by atoms with Crippen molar-refractivity contribution < 1.29 is 12.8 Å². The first-order valence-corrected chi connectivity index (χ1v) is 9.47. The van der Waals surface area contributed by atoms with Gasteiger partial charge in [0.15, 0.2) is 0 Å². The van der Waals surface area contributed by atoms with E-state index in [2.05, 4.69) is 21.2 Å². The highest BCUT2D eigenvalue weighted by Crippen LogP contribution is 2.18. The molecule has 7 heteroatoms. The zero-order valence-corrected chi connectivity index (χ0v) is 14.4. The Kier molecular flexibility index (Phi) is 5.76. The molecule has 21 heavy (non-hydrogen) atoms. The maximum atomic E-state index is 13.6. The van der Waals surface area contributed by atoms with Gasteiger partial charge in [-0.05, 0) is 38.0 Å². The van der Waals surface area contributed by atoms with Gasteiger partial charge in [0.1, 0.15) is 5.82 Å². The molecule has 0 amide bonds. The van der Waals surface area contributed by atoms with Crippen LogP contribution in [0.1, 0.15) is 25.3 Å². The number of rotatable bonds is 5. The van der Waals surface area contributed by atoms with Gasteiger partial charge in [-0.1, -0.05) is 15.9 Å². The van der Waals surface area contributed by atoms with Crippen molar-refractivity contribution in [3.05, 3.63) is 34.1 Å². The molecule has 1 aromatic carbocycles. The molecular weight excluding hydrogens is 359 g/mol. The molecule has 0 radical (unpaired) electrons. The first kappa shape index (κ1) is 16.9. The highest BCUT2D eigenvalue weighted by atomic mass is 79.9. The van der Waals surface area contributed by atoms with Gasteiger partial charge in [-0.25, -0.2) is 17.1 Å². The molecule has 4 nitrogen and oxygen atoms in total. The minimum absolute atomic E-state index is 0.147. The molecule has 0 saturated carbocycles. The van der Waals surface area contributed by atoms with Crippen LogP contribution in [0.4, 0.5) is 4.39 Å². The highest BCUT2D eigenvalue weighted by molar-refractivity contribution is 9.10. The lowest BCUT2D eigenvalue weighted by Crippen LogP contribution is -2.45. The molecule has 0 atom stereocenters. The molecule has 0 aromatic heterocycles. The maximum absolute atomic E-state index is 13.6. The molecule has 1 saturated heterocycles. The van der Waals surface area contributed by atoms with Crippen molar-refractivity contribution in [2.75, 3.05) is 18.8 Å². The average molecular weight is 379 g/mol. The number of sulfonamides is 1. The van der Waals surface area contributed by atoms with E-state index in [4.69, 9.17) is 0 Å². The smallest absolute Gasteiger partial charge is 0.213 e. The lowest BCUT2D eigenvalue weighted by molar-refractivity contribution is 0.288. The zero-order chi connectivity index (χ0) is 15.5. The van der Waals surface area contributed by atoms with Crippen LogP contribution < -0.4 is 5.32 Å². The summed E-state index contributed by atoms with van der Waals surface area (Å²) in [5.74, 6) is -0.0781. The van der Waals surface area contributed by atoms with Crippen molar-refractivity contribution in [1.82, 2.24) is 9.62 Å². The summed E-state index contributed by atoms with van der Waals surface area (Å²) in [4.78, 5) is 0. The van der Waals surface area contributed by atoms with Crippen LogP contribution in [-0.2, 0) is 16.6 Å². The van der Waals surface area contributed by atoms with Crippen molar-refractivity contribution in [1.29, 1.82) is 0 Å². The lowest BCUT2D eigenvalue weighted by atomic mass is 10.1. The molecule has 2 rings (SSSR count). The number of nitrogens with one attached hydrogen (secondary N) is 1. The second kappa shape index (κ2) is 7.17. The second-order valence-corrected chi connectivity index (χ2v) is 8.36. The molecule has 1 aromatic rings. The van der Waals surface area contributed by atoms with Crippen molar-refractivity contribution in [2.45, 2.75) is 32.4 Å². The van der Waals surface area contributed by atoms with Gasteiger partial charge in [0.05, 0.1) is 5.75 Å². The van der Waals surface area contributed by atoms with Gasteiger partial charge < -0.3 is 5.32 Å². The van der Waals surface area contributed by atoms with Crippen LogP contribution in [0.5, 0.6) is 0 Å². The molecule has 1 aliphatic heterocycles. The van der Waals surface area contributed by atoms with E-state index < -0.39 is 10.0 Å². The third-order valence-corrected chi connectivity index (χ3v) is 6.18. The van der Waals surface area contributed by atoms with Gasteiger partial charge in [-0.2, -0.15) is 0 Å². The van der Waals surface area contributed by atoms with E-state index >= 15 is 0 Å². The SMILES string of the molecule is CCS(=O)(=O)N1CCC(NCc2cc(Br)ccc2F)CC1. The van der Waals surface area contributed by atoms with E-state index in [1.165, 1.54) is 6.07 Å². The predicted octanol–water partition coefficient (Wildman–Crippen LogP) is 2.49. The van der Waals surface area contributed by atoms with E-state index in [0.29, 0.717) is 25.2 Å². The number of halogens is 2.